The van der Waals surface area contributed by atoms with Crippen LogP contribution < -0.4 is 5.11 Å². The molecule has 2 N–H and O–H groups in total. The van der Waals surface area contributed by atoms with E-state index in [0.29, 0.717) is 43.4 Å². The summed E-state index contributed by atoms with van der Waals surface area (Å²) in [6.45, 7) is 9.88. The van der Waals surface area contributed by atoms with E-state index in [1.165, 1.54) is 38.5 Å². The topological polar surface area (TPSA) is 115 Å². The van der Waals surface area contributed by atoms with E-state index in [2.05, 4.69) is 19.1 Å². The molecule has 0 heterocycles. The summed E-state index contributed by atoms with van der Waals surface area (Å²) in [7, 11) is 0. The summed E-state index contributed by atoms with van der Waals surface area (Å²) in [6.07, 6.45) is 17.6. The highest BCUT2D eigenvalue weighted by Crippen LogP contribution is 2.21. The van der Waals surface area contributed by atoms with Crippen molar-refractivity contribution < 1.29 is 34.2 Å². The predicted molar refractivity (Wildman–Crippen MR) is 142 cm³/mol. The van der Waals surface area contributed by atoms with E-state index in [-0.39, 0.29) is 0 Å². The Hall–Kier alpha value is -1.89. The van der Waals surface area contributed by atoms with Crippen LogP contribution in [0.3, 0.4) is 0 Å². The Morgan fingerprint density at radius 1 is 0.667 bits per heavy atom. The van der Waals surface area contributed by atoms with E-state index in [0.717, 1.165) is 32.2 Å². The van der Waals surface area contributed by atoms with Crippen molar-refractivity contribution in [1.82, 2.24) is 0 Å². The van der Waals surface area contributed by atoms with Crippen LogP contribution in [0.1, 0.15) is 111 Å². The van der Waals surface area contributed by atoms with Crippen LogP contribution in [0.4, 0.5) is 0 Å². The number of carboxylic acids is 3. The van der Waals surface area contributed by atoms with Crippen molar-refractivity contribution in [3.63, 3.8) is 0 Å². The number of rotatable bonds is 24. The lowest BCUT2D eigenvalue weighted by atomic mass is 10.0. The molecule has 0 saturated carbocycles. The van der Waals surface area contributed by atoms with Crippen LogP contribution in [0.25, 0.3) is 0 Å². The first-order valence-corrected chi connectivity index (χ1v) is 14.2. The van der Waals surface area contributed by atoms with Crippen molar-refractivity contribution in [2.24, 2.45) is 17.8 Å². The number of carbonyl (C=O) groups is 3. The van der Waals surface area contributed by atoms with Crippen molar-refractivity contribution in [2.75, 3.05) is 26.2 Å². The maximum Gasteiger partial charge on any atom is 0.306 e. The number of allylic oxidation sites excluding steroid dienone is 2. The van der Waals surface area contributed by atoms with Gasteiger partial charge >= 0.3 is 11.9 Å². The molecule has 0 spiro atoms. The zero-order chi connectivity index (χ0) is 27.4. The number of unbranched alkanes of at least 4 members (excludes halogenated alkanes) is 8. The Labute approximate surface area is 219 Å². The van der Waals surface area contributed by atoms with Crippen LogP contribution >= 0.6 is 0 Å². The highest BCUT2D eigenvalue weighted by molar-refractivity contribution is 5.69. The largest absolute Gasteiger partial charge is 0.550 e. The molecule has 7 nitrogen and oxygen atoms in total. The summed E-state index contributed by atoms with van der Waals surface area (Å²) in [5.74, 6) is -4.33. The van der Waals surface area contributed by atoms with Gasteiger partial charge in [0, 0.05) is 31.1 Å². The molecule has 0 bridgehead atoms. The minimum Gasteiger partial charge on any atom is -0.550 e. The average molecular weight is 512 g/mol. The zero-order valence-electron chi connectivity index (χ0n) is 23.4. The third kappa shape index (κ3) is 16.7. The van der Waals surface area contributed by atoms with Crippen LogP contribution in [0.2, 0.25) is 0 Å². The lowest BCUT2D eigenvalue weighted by molar-refractivity contribution is -0.929. The average Bonchev–Trinajstić information content (AvgIpc) is 2.84. The van der Waals surface area contributed by atoms with E-state index >= 15 is 0 Å². The Morgan fingerprint density at radius 2 is 1.08 bits per heavy atom. The minimum atomic E-state index is -1.08. The van der Waals surface area contributed by atoms with Crippen molar-refractivity contribution >= 4 is 17.9 Å². The molecule has 0 radical (unpaired) electrons. The van der Waals surface area contributed by atoms with Crippen LogP contribution in [0.5, 0.6) is 0 Å². The standard InChI is InChI=1S/C29H53NO6/c1-5-6-7-8-9-10-11-12-13-14-15-16-20-30(21-17-24(2)27(31)32,22-18-25(3)28(33)34)23-19-26(4)29(35)36/h9-10,24-26H,5-8,11-23H2,1-4H3,(H2-,31,32,33,34,35,36)/b10-9+. The lowest BCUT2D eigenvalue weighted by Crippen LogP contribution is -2.52. The number of quaternary nitrogens is 1. The van der Waals surface area contributed by atoms with E-state index < -0.39 is 35.7 Å². The zero-order valence-corrected chi connectivity index (χ0v) is 23.4. The van der Waals surface area contributed by atoms with Crippen LogP contribution in [0.15, 0.2) is 12.2 Å². The minimum absolute atomic E-state index is 0.440. The van der Waals surface area contributed by atoms with Crippen LogP contribution in [-0.4, -0.2) is 58.8 Å². The van der Waals surface area contributed by atoms with Gasteiger partial charge in [-0.15, -0.1) is 0 Å². The van der Waals surface area contributed by atoms with E-state index in [9.17, 15) is 29.7 Å². The molecule has 0 aliphatic carbocycles. The van der Waals surface area contributed by atoms with E-state index in [4.69, 9.17) is 0 Å². The third-order valence-corrected chi connectivity index (χ3v) is 7.50. The number of aliphatic carboxylic acids is 3. The van der Waals surface area contributed by atoms with Gasteiger partial charge in [-0.05, 0) is 38.5 Å². The Balaban J connectivity index is 4.96. The second-order valence-corrected chi connectivity index (χ2v) is 10.8. The monoisotopic (exact) mass is 511 g/mol. The van der Waals surface area contributed by atoms with Gasteiger partial charge < -0.3 is 24.6 Å². The molecule has 0 aliphatic heterocycles. The molecule has 0 aromatic heterocycles. The summed E-state index contributed by atoms with van der Waals surface area (Å²) in [4.78, 5) is 34.2. The number of carboxylic acid groups (broad SMARTS) is 3. The molecule has 0 aromatic rings. The number of hydrogen-bond donors (Lipinski definition) is 2. The second kappa shape index (κ2) is 20.2. The third-order valence-electron chi connectivity index (χ3n) is 7.50. The lowest BCUT2D eigenvalue weighted by Gasteiger charge is -2.41. The summed E-state index contributed by atoms with van der Waals surface area (Å²) in [6, 6.07) is 0. The highest BCUT2D eigenvalue weighted by Gasteiger charge is 2.30. The molecule has 0 saturated heterocycles. The van der Waals surface area contributed by atoms with Crippen LogP contribution in [0, 0.1) is 17.8 Å². The fourth-order valence-electron chi connectivity index (χ4n) is 4.43. The second-order valence-electron chi connectivity index (χ2n) is 10.8. The summed E-state index contributed by atoms with van der Waals surface area (Å²) in [5.41, 5.74) is 0. The van der Waals surface area contributed by atoms with Gasteiger partial charge in [-0.25, -0.2) is 0 Å². The van der Waals surface area contributed by atoms with Crippen molar-refractivity contribution in [3.05, 3.63) is 12.2 Å². The van der Waals surface area contributed by atoms with Gasteiger partial charge in [0.05, 0.1) is 38.0 Å². The van der Waals surface area contributed by atoms with E-state index in [1.54, 1.807) is 20.8 Å². The summed E-state index contributed by atoms with van der Waals surface area (Å²) >= 11 is 0. The highest BCUT2D eigenvalue weighted by atomic mass is 16.4. The maximum absolute atomic E-state index is 11.4. The normalized spacial score (nSPS) is 15.9. The Kier molecular flexibility index (Phi) is 19.1. The molecule has 36 heavy (non-hydrogen) atoms. The molecule has 0 fully saturated rings. The van der Waals surface area contributed by atoms with Gasteiger partial charge in [0.15, 0.2) is 0 Å². The Bertz CT molecular complexity index is 588. The first-order chi connectivity index (χ1) is 17.0. The SMILES string of the molecule is CCCCC/C=C/CCCCCCC[N+](CCC(C)C(=O)[O-])(CCC(C)C(=O)O)CCC(C)C(=O)O. The quantitative estimate of drug-likeness (QED) is 0.104. The van der Waals surface area contributed by atoms with Gasteiger partial charge in [-0.1, -0.05) is 65.5 Å². The van der Waals surface area contributed by atoms with Gasteiger partial charge in [-0.2, -0.15) is 0 Å². The molecule has 3 unspecified atom stereocenters. The van der Waals surface area contributed by atoms with Gasteiger partial charge in [0.1, 0.15) is 0 Å². The first kappa shape index (κ1) is 34.1. The molecular weight excluding hydrogens is 458 g/mol. The molecule has 0 amide bonds. The molecule has 7 heteroatoms. The smallest absolute Gasteiger partial charge is 0.306 e. The van der Waals surface area contributed by atoms with Gasteiger partial charge in [0.25, 0.3) is 0 Å². The molecule has 0 aliphatic rings. The van der Waals surface area contributed by atoms with Gasteiger partial charge in [-0.3, -0.25) is 9.59 Å². The fourth-order valence-corrected chi connectivity index (χ4v) is 4.43. The number of nitrogens with zero attached hydrogens (tertiary/aromatic N) is 1. The number of carbonyl (C=O) groups excluding carboxylic acids is 1. The van der Waals surface area contributed by atoms with Crippen LogP contribution in [-0.2, 0) is 14.4 Å². The molecule has 0 rings (SSSR count). The maximum atomic E-state index is 11.4. The predicted octanol–water partition coefficient (Wildman–Crippen LogP) is 5.28. The van der Waals surface area contributed by atoms with Crippen molar-refractivity contribution in [3.8, 4) is 0 Å². The number of hydrogen-bond acceptors (Lipinski definition) is 4. The van der Waals surface area contributed by atoms with Crippen molar-refractivity contribution in [2.45, 2.75) is 111 Å². The molecule has 0 aromatic carbocycles. The molecule has 3 atom stereocenters. The van der Waals surface area contributed by atoms with Crippen molar-refractivity contribution in [1.29, 1.82) is 0 Å². The van der Waals surface area contributed by atoms with E-state index in [1.807, 2.05) is 0 Å². The Morgan fingerprint density at radius 3 is 1.53 bits per heavy atom. The summed E-state index contributed by atoms with van der Waals surface area (Å²) in [5, 5.41) is 30.1. The van der Waals surface area contributed by atoms with Gasteiger partial charge in [0.2, 0.25) is 0 Å². The first-order valence-electron chi connectivity index (χ1n) is 14.2. The fraction of sp³-hybridized carbons (Fsp3) is 0.828. The summed E-state index contributed by atoms with van der Waals surface area (Å²) < 4.78 is 0.577. The molecular formula is C29H53NO6. The molecule has 210 valence electrons.